The summed E-state index contributed by atoms with van der Waals surface area (Å²) in [6.07, 6.45) is 18.5. The van der Waals surface area contributed by atoms with E-state index in [1.807, 2.05) is 0 Å². The molecule has 4 N–H and O–H groups in total. The van der Waals surface area contributed by atoms with Crippen LogP contribution >= 0.6 is 0 Å². The van der Waals surface area contributed by atoms with Crippen molar-refractivity contribution >= 4 is 5.91 Å². The van der Waals surface area contributed by atoms with Gasteiger partial charge in [0.1, 0.15) is 0 Å². The van der Waals surface area contributed by atoms with Crippen molar-refractivity contribution in [3.05, 3.63) is 0 Å². The molecule has 5 nitrogen and oxygen atoms in total. The Kier molecular flexibility index (Phi) is 22.5. The first-order chi connectivity index (χ1) is 14.3. The highest BCUT2D eigenvalue weighted by molar-refractivity contribution is 5.76. The molecule has 1 saturated heterocycles. The zero-order chi connectivity index (χ0) is 20.8. The monoisotopic (exact) mass is 426 g/mol. The van der Waals surface area contributed by atoms with E-state index in [1.165, 1.54) is 70.6 Å². The highest BCUT2D eigenvalue weighted by Crippen LogP contribution is 2.12. The number of amides is 1. The summed E-state index contributed by atoms with van der Waals surface area (Å²) in [6.45, 7) is 8.33. The van der Waals surface area contributed by atoms with E-state index in [0.29, 0.717) is 12.5 Å². The van der Waals surface area contributed by atoms with Gasteiger partial charge >= 0.3 is 0 Å². The van der Waals surface area contributed by atoms with Crippen LogP contribution in [0.3, 0.4) is 0 Å². The molecule has 1 amide bonds. The van der Waals surface area contributed by atoms with Gasteiger partial charge < -0.3 is 21.3 Å². The number of carbonyl (C=O) groups excluding carboxylic acids is 1. The van der Waals surface area contributed by atoms with Crippen molar-refractivity contribution in [3.63, 3.8) is 0 Å². The molecule has 0 aromatic heterocycles. The topological polar surface area (TPSA) is 65.2 Å². The Balaban J connectivity index is 0.00000841. The summed E-state index contributed by atoms with van der Waals surface area (Å²) in [5.74, 6) is 0.209. The number of hydrogen-bond donors (Lipinski definition) is 4. The van der Waals surface area contributed by atoms with Crippen LogP contribution in [-0.4, -0.2) is 51.2 Å². The molecule has 0 aliphatic carbocycles. The minimum atomic E-state index is 0. The first-order valence-corrected chi connectivity index (χ1v) is 12.7. The molecule has 1 aliphatic heterocycles. The molecule has 1 rings (SSSR count). The summed E-state index contributed by atoms with van der Waals surface area (Å²) >= 11 is 0. The summed E-state index contributed by atoms with van der Waals surface area (Å²) in [5.41, 5.74) is 0. The molecule has 1 atom stereocenters. The van der Waals surface area contributed by atoms with Crippen LogP contribution in [0.2, 0.25) is 0 Å². The number of rotatable bonds is 10. The zero-order valence-corrected chi connectivity index (χ0v) is 19.3. The molecular formula is C25H54N4O. The fourth-order valence-electron chi connectivity index (χ4n) is 3.98. The first-order valence-electron chi connectivity index (χ1n) is 12.7. The van der Waals surface area contributed by atoms with Crippen LogP contribution in [0.25, 0.3) is 0 Å². The van der Waals surface area contributed by atoms with Gasteiger partial charge in [-0.2, -0.15) is 0 Å². The van der Waals surface area contributed by atoms with E-state index in [-0.39, 0.29) is 13.3 Å². The maximum absolute atomic E-state index is 12.3. The smallest absolute Gasteiger partial charge is 0.221 e. The van der Waals surface area contributed by atoms with Crippen molar-refractivity contribution in [2.75, 3.05) is 39.3 Å². The summed E-state index contributed by atoms with van der Waals surface area (Å²) in [6, 6.07) is 0.327. The molecular weight excluding hydrogens is 372 g/mol. The number of nitrogens with one attached hydrogen (secondary N) is 4. The van der Waals surface area contributed by atoms with E-state index in [1.54, 1.807) is 0 Å². The third kappa shape index (κ3) is 19.3. The van der Waals surface area contributed by atoms with Gasteiger partial charge in [-0.25, -0.2) is 0 Å². The average Bonchev–Trinajstić information content (AvgIpc) is 2.72. The number of unbranched alkanes of at least 4 members (excludes halogenated alkanes) is 8. The molecule has 0 saturated carbocycles. The van der Waals surface area contributed by atoms with Crippen LogP contribution in [0.1, 0.15) is 111 Å². The molecule has 0 aromatic rings. The highest BCUT2D eigenvalue weighted by atomic mass is 16.1. The molecule has 0 spiro atoms. The SMILES string of the molecule is C.CCCCCCCCCCCC1CC(=O)NCCCNCCCCNCCCN1. The lowest BCUT2D eigenvalue weighted by molar-refractivity contribution is -0.121. The molecule has 1 heterocycles. The lowest BCUT2D eigenvalue weighted by Crippen LogP contribution is -2.37. The highest BCUT2D eigenvalue weighted by Gasteiger charge is 2.13. The minimum absolute atomic E-state index is 0. The number of carbonyl (C=O) groups is 1. The summed E-state index contributed by atoms with van der Waals surface area (Å²) < 4.78 is 0. The van der Waals surface area contributed by atoms with Crippen LogP contribution in [0.5, 0.6) is 0 Å². The third-order valence-corrected chi connectivity index (χ3v) is 5.86. The quantitative estimate of drug-likeness (QED) is 0.380. The Morgan fingerprint density at radius 2 is 1.23 bits per heavy atom. The van der Waals surface area contributed by atoms with E-state index in [2.05, 4.69) is 28.2 Å². The fraction of sp³-hybridized carbons (Fsp3) is 0.960. The van der Waals surface area contributed by atoms with Crippen molar-refractivity contribution in [2.45, 2.75) is 117 Å². The molecule has 0 radical (unpaired) electrons. The van der Waals surface area contributed by atoms with Crippen molar-refractivity contribution in [2.24, 2.45) is 0 Å². The average molecular weight is 427 g/mol. The molecule has 180 valence electrons. The van der Waals surface area contributed by atoms with Gasteiger partial charge in [0.05, 0.1) is 0 Å². The maximum atomic E-state index is 12.3. The van der Waals surface area contributed by atoms with Gasteiger partial charge in [-0.05, 0) is 64.8 Å². The third-order valence-electron chi connectivity index (χ3n) is 5.86. The van der Waals surface area contributed by atoms with Gasteiger partial charge in [-0.15, -0.1) is 0 Å². The van der Waals surface area contributed by atoms with E-state index < -0.39 is 0 Å². The zero-order valence-electron chi connectivity index (χ0n) is 19.3. The van der Waals surface area contributed by atoms with Crippen LogP contribution < -0.4 is 21.3 Å². The second kappa shape index (κ2) is 23.0. The van der Waals surface area contributed by atoms with E-state index in [4.69, 9.17) is 0 Å². The molecule has 1 unspecified atom stereocenters. The normalized spacial score (nSPS) is 20.7. The molecule has 0 bridgehead atoms. The molecule has 5 heteroatoms. The van der Waals surface area contributed by atoms with Gasteiger partial charge in [0.25, 0.3) is 0 Å². The molecule has 1 aliphatic rings. The number of hydrogen-bond acceptors (Lipinski definition) is 4. The Hall–Kier alpha value is -0.650. The second-order valence-corrected chi connectivity index (χ2v) is 8.74. The molecule has 1 fully saturated rings. The van der Waals surface area contributed by atoms with Gasteiger partial charge in [0.15, 0.2) is 0 Å². The van der Waals surface area contributed by atoms with Crippen LogP contribution in [0.15, 0.2) is 0 Å². The van der Waals surface area contributed by atoms with E-state index in [9.17, 15) is 4.79 Å². The first kappa shape index (κ1) is 29.4. The van der Waals surface area contributed by atoms with E-state index >= 15 is 0 Å². The second-order valence-electron chi connectivity index (χ2n) is 8.74. The van der Waals surface area contributed by atoms with Gasteiger partial charge in [-0.3, -0.25) is 4.79 Å². The largest absolute Gasteiger partial charge is 0.356 e. The lowest BCUT2D eigenvalue weighted by atomic mass is 10.0. The summed E-state index contributed by atoms with van der Waals surface area (Å²) in [4.78, 5) is 12.3. The fourth-order valence-corrected chi connectivity index (χ4v) is 3.98. The predicted molar refractivity (Wildman–Crippen MR) is 132 cm³/mol. The Bertz CT molecular complexity index is 365. The standard InChI is InChI=1S/C24H50N4O.CH4/c1-2-3-4-5-6-7-8-9-10-15-23-22-24(29)28-21-14-19-26-17-12-11-16-25-18-13-20-27-23;/h23,25-27H,2-22H2,1H3,(H,28,29);1H4. The summed E-state index contributed by atoms with van der Waals surface area (Å²) in [5, 5.41) is 13.8. The van der Waals surface area contributed by atoms with Crippen molar-refractivity contribution in [1.29, 1.82) is 0 Å². The predicted octanol–water partition coefficient (Wildman–Crippen LogP) is 4.76. The Labute approximate surface area is 188 Å². The Morgan fingerprint density at radius 1 is 0.700 bits per heavy atom. The molecule has 30 heavy (non-hydrogen) atoms. The van der Waals surface area contributed by atoms with Crippen molar-refractivity contribution in [1.82, 2.24) is 21.3 Å². The molecule has 0 aromatic carbocycles. The maximum Gasteiger partial charge on any atom is 0.221 e. The van der Waals surface area contributed by atoms with E-state index in [0.717, 1.165) is 58.5 Å². The van der Waals surface area contributed by atoms with Gasteiger partial charge in [-0.1, -0.05) is 72.1 Å². The van der Waals surface area contributed by atoms with Gasteiger partial charge in [0.2, 0.25) is 5.91 Å². The van der Waals surface area contributed by atoms with Crippen LogP contribution in [0, 0.1) is 0 Å². The minimum Gasteiger partial charge on any atom is -0.356 e. The van der Waals surface area contributed by atoms with Crippen molar-refractivity contribution < 1.29 is 4.79 Å². The van der Waals surface area contributed by atoms with Crippen LogP contribution in [0.4, 0.5) is 0 Å². The van der Waals surface area contributed by atoms with Crippen molar-refractivity contribution in [3.8, 4) is 0 Å². The lowest BCUT2D eigenvalue weighted by Gasteiger charge is -2.19. The van der Waals surface area contributed by atoms with Gasteiger partial charge in [0, 0.05) is 19.0 Å². The Morgan fingerprint density at radius 3 is 1.87 bits per heavy atom. The van der Waals surface area contributed by atoms with Crippen LogP contribution in [-0.2, 0) is 4.79 Å². The summed E-state index contributed by atoms with van der Waals surface area (Å²) in [7, 11) is 0.